The summed E-state index contributed by atoms with van der Waals surface area (Å²) in [5, 5.41) is 0. The van der Waals surface area contributed by atoms with Crippen molar-refractivity contribution in [3.05, 3.63) is 47.5 Å². The summed E-state index contributed by atoms with van der Waals surface area (Å²) >= 11 is 0. The lowest BCUT2D eigenvalue weighted by atomic mass is 9.78. The number of rotatable bonds is 2. The fourth-order valence-corrected chi connectivity index (χ4v) is 2.41. The van der Waals surface area contributed by atoms with Crippen molar-refractivity contribution in [1.29, 1.82) is 0 Å². The smallest absolute Gasteiger partial charge is 0.172 e. The zero-order chi connectivity index (χ0) is 11.8. The molecule has 0 aliphatic heterocycles. The molecule has 0 aromatic heterocycles. The largest absolute Gasteiger partial charge is 0.293 e. The molecule has 0 N–H and O–H groups in total. The molecule has 0 heterocycles. The van der Waals surface area contributed by atoms with E-state index in [1.54, 1.807) is 0 Å². The molecule has 0 spiro atoms. The molecule has 0 saturated heterocycles. The molecule has 84 valence electrons. The van der Waals surface area contributed by atoms with Gasteiger partial charge in [-0.25, -0.2) is 0 Å². The molecule has 1 aliphatic carbocycles. The van der Waals surface area contributed by atoms with Crippen LogP contribution >= 0.6 is 0 Å². The van der Waals surface area contributed by atoms with Gasteiger partial charge in [0.25, 0.3) is 0 Å². The van der Waals surface area contributed by atoms with E-state index in [4.69, 9.17) is 0 Å². The van der Waals surface area contributed by atoms with Crippen molar-refractivity contribution < 1.29 is 4.79 Å². The molecule has 0 unspecified atom stereocenters. The zero-order valence-corrected chi connectivity index (χ0v) is 10.0. The van der Waals surface area contributed by atoms with E-state index < -0.39 is 0 Å². The van der Waals surface area contributed by atoms with Crippen LogP contribution in [0.1, 0.15) is 42.1 Å². The third kappa shape index (κ3) is 1.71. The number of carbonyl (C=O) groups is 1. The second-order valence-corrected chi connectivity index (χ2v) is 4.98. The summed E-state index contributed by atoms with van der Waals surface area (Å²) in [5.41, 5.74) is 2.77. The highest BCUT2D eigenvalue weighted by atomic mass is 16.1. The summed E-state index contributed by atoms with van der Waals surface area (Å²) in [5.74, 6) is 0.231. The average molecular weight is 214 g/mol. The van der Waals surface area contributed by atoms with Crippen LogP contribution in [0.3, 0.4) is 0 Å². The molecule has 1 atom stereocenters. The average Bonchev–Trinajstić information content (AvgIpc) is 2.61. The van der Waals surface area contributed by atoms with Gasteiger partial charge in [-0.15, -0.1) is 0 Å². The van der Waals surface area contributed by atoms with Gasteiger partial charge in [0, 0.05) is 5.56 Å². The van der Waals surface area contributed by atoms with Crippen LogP contribution in [0, 0.1) is 12.3 Å². The minimum absolute atomic E-state index is 0.231. The van der Waals surface area contributed by atoms with Crippen molar-refractivity contribution in [3.63, 3.8) is 0 Å². The fourth-order valence-electron chi connectivity index (χ4n) is 2.41. The molecule has 16 heavy (non-hydrogen) atoms. The van der Waals surface area contributed by atoms with Crippen LogP contribution in [0.5, 0.6) is 0 Å². The molecular weight excluding hydrogens is 196 g/mol. The van der Waals surface area contributed by atoms with Gasteiger partial charge in [0.05, 0.1) is 5.41 Å². The Kier molecular flexibility index (Phi) is 2.71. The highest BCUT2D eigenvalue weighted by Gasteiger charge is 2.39. The number of benzene rings is 1. The normalized spacial score (nSPS) is 24.8. The lowest BCUT2D eigenvalue weighted by Crippen LogP contribution is -2.25. The molecule has 1 saturated carbocycles. The van der Waals surface area contributed by atoms with E-state index in [0.717, 1.165) is 30.4 Å². The monoisotopic (exact) mass is 214 g/mol. The Morgan fingerprint density at radius 2 is 1.94 bits per heavy atom. The quantitative estimate of drug-likeness (QED) is 0.538. The van der Waals surface area contributed by atoms with Crippen molar-refractivity contribution in [3.8, 4) is 0 Å². The summed E-state index contributed by atoms with van der Waals surface area (Å²) in [6.07, 6.45) is 3.03. The van der Waals surface area contributed by atoms with E-state index in [1.807, 2.05) is 38.1 Å². The van der Waals surface area contributed by atoms with E-state index in [-0.39, 0.29) is 11.2 Å². The van der Waals surface area contributed by atoms with Crippen LogP contribution in [-0.2, 0) is 0 Å². The lowest BCUT2D eigenvalue weighted by molar-refractivity contribution is 0.0864. The van der Waals surface area contributed by atoms with Crippen LogP contribution < -0.4 is 0 Å². The molecule has 1 fully saturated rings. The van der Waals surface area contributed by atoms with E-state index in [1.165, 1.54) is 5.56 Å². The number of carbonyl (C=O) groups excluding carboxylic acids is 1. The minimum Gasteiger partial charge on any atom is -0.293 e. The Labute approximate surface area is 97.2 Å². The van der Waals surface area contributed by atoms with E-state index in [0.29, 0.717) is 0 Å². The number of allylic oxidation sites excluding steroid dienone is 1. The maximum atomic E-state index is 12.4. The Morgan fingerprint density at radius 1 is 1.31 bits per heavy atom. The standard InChI is InChI=1S/C15H18O/c1-11-6-8-13(9-7-11)14(16)15(3)10-4-5-12(15)2/h6-9H,2,4-5,10H2,1,3H3/t15-/m1/s1. The van der Waals surface area contributed by atoms with Crippen molar-refractivity contribution in [2.45, 2.75) is 33.1 Å². The highest BCUT2D eigenvalue weighted by Crippen LogP contribution is 2.43. The molecule has 1 aromatic rings. The summed E-state index contributed by atoms with van der Waals surface area (Å²) in [6.45, 7) is 8.12. The predicted octanol–water partition coefficient (Wildman–Crippen LogP) is 3.92. The summed E-state index contributed by atoms with van der Waals surface area (Å²) < 4.78 is 0. The molecule has 0 radical (unpaired) electrons. The number of aryl methyl sites for hydroxylation is 1. The Morgan fingerprint density at radius 3 is 2.44 bits per heavy atom. The fraction of sp³-hybridized carbons (Fsp3) is 0.400. The minimum atomic E-state index is -0.324. The van der Waals surface area contributed by atoms with Gasteiger partial charge < -0.3 is 0 Å². The number of hydrogen-bond acceptors (Lipinski definition) is 1. The molecule has 2 rings (SSSR count). The zero-order valence-electron chi connectivity index (χ0n) is 10.0. The first-order chi connectivity index (χ1) is 7.54. The summed E-state index contributed by atoms with van der Waals surface area (Å²) in [4.78, 5) is 12.4. The maximum absolute atomic E-state index is 12.4. The van der Waals surface area contributed by atoms with Gasteiger partial charge in [0.2, 0.25) is 0 Å². The molecule has 0 amide bonds. The van der Waals surface area contributed by atoms with Crippen molar-refractivity contribution in [1.82, 2.24) is 0 Å². The summed E-state index contributed by atoms with van der Waals surface area (Å²) in [7, 11) is 0. The first kappa shape index (κ1) is 11.1. The van der Waals surface area contributed by atoms with Crippen molar-refractivity contribution in [2.24, 2.45) is 5.41 Å². The second kappa shape index (κ2) is 3.89. The Bertz CT molecular complexity index is 427. The Hall–Kier alpha value is -1.37. The van der Waals surface area contributed by atoms with Gasteiger partial charge in [-0.2, -0.15) is 0 Å². The van der Waals surface area contributed by atoms with Crippen LogP contribution in [0.4, 0.5) is 0 Å². The van der Waals surface area contributed by atoms with Crippen molar-refractivity contribution in [2.75, 3.05) is 0 Å². The second-order valence-electron chi connectivity index (χ2n) is 4.98. The highest BCUT2D eigenvalue weighted by molar-refractivity contribution is 6.02. The SMILES string of the molecule is C=C1CCC[C@@]1(C)C(=O)c1ccc(C)cc1. The molecular formula is C15H18O. The molecule has 1 aliphatic rings. The van der Waals surface area contributed by atoms with Crippen LogP contribution in [-0.4, -0.2) is 5.78 Å². The predicted molar refractivity (Wildman–Crippen MR) is 66.6 cm³/mol. The van der Waals surface area contributed by atoms with Gasteiger partial charge in [0.15, 0.2) is 5.78 Å². The van der Waals surface area contributed by atoms with E-state index >= 15 is 0 Å². The van der Waals surface area contributed by atoms with Gasteiger partial charge >= 0.3 is 0 Å². The van der Waals surface area contributed by atoms with Crippen LogP contribution in [0.2, 0.25) is 0 Å². The molecule has 1 nitrogen and oxygen atoms in total. The first-order valence-electron chi connectivity index (χ1n) is 5.84. The van der Waals surface area contributed by atoms with Crippen LogP contribution in [0.25, 0.3) is 0 Å². The number of Topliss-reactive ketones (excluding diaryl/α,β-unsaturated/α-hetero) is 1. The molecule has 1 aromatic carbocycles. The number of hydrogen-bond donors (Lipinski definition) is 0. The van der Waals surface area contributed by atoms with Gasteiger partial charge in [-0.1, -0.05) is 42.0 Å². The first-order valence-corrected chi connectivity index (χ1v) is 5.84. The van der Waals surface area contributed by atoms with Gasteiger partial charge in [-0.05, 0) is 33.1 Å². The third-order valence-corrected chi connectivity index (χ3v) is 3.75. The topological polar surface area (TPSA) is 17.1 Å². The number of ketones is 1. The van der Waals surface area contributed by atoms with Gasteiger partial charge in [-0.3, -0.25) is 4.79 Å². The van der Waals surface area contributed by atoms with Crippen LogP contribution in [0.15, 0.2) is 36.4 Å². The van der Waals surface area contributed by atoms with Crippen molar-refractivity contribution >= 4 is 5.78 Å². The Balaban J connectivity index is 2.32. The van der Waals surface area contributed by atoms with E-state index in [9.17, 15) is 4.79 Å². The third-order valence-electron chi connectivity index (χ3n) is 3.75. The lowest BCUT2D eigenvalue weighted by Gasteiger charge is -2.23. The maximum Gasteiger partial charge on any atom is 0.172 e. The molecule has 0 bridgehead atoms. The summed E-state index contributed by atoms with van der Waals surface area (Å²) in [6, 6.07) is 7.84. The van der Waals surface area contributed by atoms with Gasteiger partial charge in [0.1, 0.15) is 0 Å². The molecule has 1 heteroatoms. The van der Waals surface area contributed by atoms with E-state index in [2.05, 4.69) is 6.58 Å².